The van der Waals surface area contributed by atoms with E-state index in [2.05, 4.69) is 49.5 Å². The van der Waals surface area contributed by atoms with Gasteiger partial charge >= 0.3 is 0 Å². The number of hydrogen-bond acceptors (Lipinski definition) is 14. The fraction of sp³-hybridized carbons (Fsp3) is 0.489. The maximum absolute atomic E-state index is 13.5. The number of ether oxygens (including phenoxy) is 2. The number of anilines is 4. The molecule has 5 aliphatic rings. The van der Waals surface area contributed by atoms with Gasteiger partial charge in [-0.2, -0.15) is 4.98 Å². The van der Waals surface area contributed by atoms with Crippen molar-refractivity contribution < 1.29 is 33.4 Å². The Bertz CT molecular complexity index is 2650. The normalized spacial score (nSPS) is 23.9. The molecule has 2 aromatic heterocycles. The topological polar surface area (TPSA) is 201 Å². The number of halogens is 1. The fourth-order valence-electron chi connectivity index (χ4n) is 10.2. The van der Waals surface area contributed by atoms with Crippen LogP contribution in [0.15, 0.2) is 53.5 Å². The quantitative estimate of drug-likeness (QED) is 0.169. The average molecular weight is 923 g/mol. The van der Waals surface area contributed by atoms with Crippen molar-refractivity contribution in [2.24, 2.45) is 0 Å². The smallest absolute Gasteiger partial charge is 0.293 e. The van der Waals surface area contributed by atoms with Crippen LogP contribution in [0.1, 0.15) is 93.0 Å². The van der Waals surface area contributed by atoms with Crippen molar-refractivity contribution in [3.63, 3.8) is 0 Å². The number of carbonyl (C=O) groups is 5. The summed E-state index contributed by atoms with van der Waals surface area (Å²) in [6, 6.07) is 12.3. The molecular weight excluding hydrogens is 868 g/mol. The number of pyridine rings is 1. The number of hydrogen-bond donors (Lipinski definition) is 3. The van der Waals surface area contributed by atoms with Crippen LogP contribution >= 0.6 is 11.6 Å². The van der Waals surface area contributed by atoms with E-state index in [0.717, 1.165) is 73.4 Å². The number of nitrogens with one attached hydrogen (secondary N) is 3. The molecule has 3 atom stereocenters. The summed E-state index contributed by atoms with van der Waals surface area (Å²) in [5.41, 5.74) is 2.55. The number of rotatable bonds is 12. The van der Waals surface area contributed by atoms with Gasteiger partial charge in [0.05, 0.1) is 35.0 Å². The van der Waals surface area contributed by atoms with Crippen molar-refractivity contribution in [2.45, 2.75) is 109 Å². The molecule has 66 heavy (non-hydrogen) atoms. The van der Waals surface area contributed by atoms with Gasteiger partial charge in [-0.25, -0.2) is 4.98 Å². The summed E-state index contributed by atoms with van der Waals surface area (Å²) in [5.74, 6) is -1.25. The lowest BCUT2D eigenvalue weighted by Crippen LogP contribution is -2.63. The summed E-state index contributed by atoms with van der Waals surface area (Å²) in [5, 5.41) is 9.19. The first kappa shape index (κ1) is 45.1. The van der Waals surface area contributed by atoms with Gasteiger partial charge in [0.1, 0.15) is 11.1 Å². The van der Waals surface area contributed by atoms with Gasteiger partial charge in [0.15, 0.2) is 18.2 Å². The number of fused-ring (bicyclic) bond motifs is 2. The van der Waals surface area contributed by atoms with Crippen molar-refractivity contribution in [1.29, 1.82) is 0 Å². The minimum atomic E-state index is -0.993. The van der Waals surface area contributed by atoms with Crippen LogP contribution in [0.25, 0.3) is 10.9 Å². The van der Waals surface area contributed by atoms with Crippen LogP contribution in [-0.2, 0) is 19.1 Å². The summed E-state index contributed by atoms with van der Waals surface area (Å²) < 4.78 is 13.9. The van der Waals surface area contributed by atoms with Crippen molar-refractivity contribution in [1.82, 2.24) is 35.0 Å². The van der Waals surface area contributed by atoms with Crippen LogP contribution in [0.2, 0.25) is 5.02 Å². The van der Waals surface area contributed by atoms with Crippen LogP contribution < -0.4 is 36.0 Å². The van der Waals surface area contributed by atoms with Crippen LogP contribution in [-0.4, -0.2) is 130 Å². The second kappa shape index (κ2) is 18.3. The van der Waals surface area contributed by atoms with E-state index >= 15 is 0 Å². The fourth-order valence-corrected chi connectivity index (χ4v) is 10.4. The zero-order valence-corrected chi connectivity index (χ0v) is 38.5. The van der Waals surface area contributed by atoms with Crippen LogP contribution in [0.4, 0.5) is 23.1 Å². The Morgan fingerprint density at radius 2 is 1.64 bits per heavy atom. The number of aromatic nitrogens is 3. The molecule has 3 N–H and O–H groups in total. The summed E-state index contributed by atoms with van der Waals surface area (Å²) >= 11 is 6.61. The first-order valence-electron chi connectivity index (χ1n) is 22.8. The molecule has 0 spiro atoms. The van der Waals surface area contributed by atoms with Gasteiger partial charge in [-0.05, 0) is 102 Å². The summed E-state index contributed by atoms with van der Waals surface area (Å²) in [4.78, 5) is 93.5. The van der Waals surface area contributed by atoms with Gasteiger partial charge < -0.3 is 34.5 Å². The first-order chi connectivity index (χ1) is 31.7. The Morgan fingerprint density at radius 3 is 2.33 bits per heavy atom. The molecule has 5 amide bonds. The number of imide groups is 2. The number of benzene rings is 2. The van der Waals surface area contributed by atoms with Crippen LogP contribution in [0.3, 0.4) is 0 Å². The van der Waals surface area contributed by atoms with E-state index in [1.165, 1.54) is 7.05 Å². The highest BCUT2D eigenvalue weighted by Crippen LogP contribution is 2.38. The Hall–Kier alpha value is -6.11. The van der Waals surface area contributed by atoms with Crippen molar-refractivity contribution in [3.8, 4) is 5.75 Å². The number of nitrogens with zero attached hydrogens (tertiary/aromatic N) is 7. The van der Waals surface area contributed by atoms with E-state index in [1.807, 2.05) is 38.1 Å². The molecule has 4 aromatic rings. The van der Waals surface area contributed by atoms with Gasteiger partial charge in [0.25, 0.3) is 23.3 Å². The molecule has 4 aliphatic heterocycles. The molecule has 348 valence electrons. The Kier molecular flexibility index (Phi) is 12.5. The predicted molar refractivity (Wildman–Crippen MR) is 248 cm³/mol. The number of amides is 5. The van der Waals surface area contributed by atoms with E-state index in [1.54, 1.807) is 29.0 Å². The first-order valence-corrected chi connectivity index (χ1v) is 23.2. The lowest BCUT2D eigenvalue weighted by atomic mass is 9.84. The molecule has 0 radical (unpaired) electrons. The molecule has 4 fully saturated rings. The zero-order chi connectivity index (χ0) is 46.6. The third-order valence-corrected chi connectivity index (χ3v) is 13.8. The SMILES string of the molecule is CNC(=O)COc1cc2cc(Nc3nc(N4CCC(O[C@H]5C[C@H](N6[C@H](C)CN(c7ccc8c(c7)C(=O)N(C7CCC(=O)NC7=O)C8=O)C[C@H]6C)C5)CC4)ncc3Cl)ccc2n(C(C)C)c1=O. The molecule has 1 saturated carbocycles. The van der Waals surface area contributed by atoms with E-state index in [0.29, 0.717) is 34.1 Å². The zero-order valence-electron chi connectivity index (χ0n) is 37.7. The highest BCUT2D eigenvalue weighted by atomic mass is 35.5. The molecule has 18 nitrogen and oxygen atoms in total. The molecule has 1 unspecified atom stereocenters. The lowest BCUT2D eigenvalue weighted by Gasteiger charge is -2.53. The second-order valence-electron chi connectivity index (χ2n) is 18.3. The summed E-state index contributed by atoms with van der Waals surface area (Å²) in [7, 11) is 1.51. The minimum Gasteiger partial charge on any atom is -0.478 e. The lowest BCUT2D eigenvalue weighted by molar-refractivity contribution is -0.136. The third kappa shape index (κ3) is 8.68. The van der Waals surface area contributed by atoms with E-state index in [-0.39, 0.29) is 72.6 Å². The number of likely N-dealkylation sites (N-methyl/N-ethyl adjacent to an activating group) is 1. The van der Waals surface area contributed by atoms with Crippen LogP contribution in [0.5, 0.6) is 5.75 Å². The molecule has 19 heteroatoms. The van der Waals surface area contributed by atoms with Gasteiger partial charge in [0, 0.05) is 80.6 Å². The summed E-state index contributed by atoms with van der Waals surface area (Å²) in [6.45, 7) is 11.0. The second-order valence-corrected chi connectivity index (χ2v) is 18.7. The molecular formula is C47H55ClN10O8. The maximum atomic E-state index is 13.5. The molecule has 2 aromatic carbocycles. The molecule has 1 aliphatic carbocycles. The van der Waals surface area contributed by atoms with E-state index in [9.17, 15) is 28.8 Å². The van der Waals surface area contributed by atoms with Crippen molar-refractivity contribution >= 4 is 75.2 Å². The number of carbonyl (C=O) groups excluding carboxylic acids is 5. The molecule has 6 heterocycles. The van der Waals surface area contributed by atoms with Crippen molar-refractivity contribution in [3.05, 3.63) is 75.2 Å². The highest BCUT2D eigenvalue weighted by molar-refractivity contribution is 6.33. The summed E-state index contributed by atoms with van der Waals surface area (Å²) in [6.07, 6.45) is 5.73. The van der Waals surface area contributed by atoms with Crippen molar-refractivity contribution in [2.75, 3.05) is 55.0 Å². The number of piperazine rings is 1. The van der Waals surface area contributed by atoms with Gasteiger partial charge in [-0.1, -0.05) is 11.6 Å². The van der Waals surface area contributed by atoms with Gasteiger partial charge in [-0.3, -0.25) is 43.9 Å². The van der Waals surface area contributed by atoms with E-state index in [4.69, 9.17) is 26.1 Å². The minimum absolute atomic E-state index is 0.0795. The number of piperidine rings is 2. The van der Waals surface area contributed by atoms with Crippen LogP contribution in [0, 0.1) is 0 Å². The predicted octanol–water partition coefficient (Wildman–Crippen LogP) is 4.41. The molecule has 0 bridgehead atoms. The Labute approximate surface area is 386 Å². The highest BCUT2D eigenvalue weighted by Gasteiger charge is 2.46. The standard InChI is InChI=1S/C47H55ClN10O8/c1-25(2)56-37-9-6-29(16-28(37)17-39(46(56)64)65-24-41(60)49-5)51-42-36(48)21-50-47(53-42)54-14-12-32(13-15-54)66-33-18-31(19-33)57-26(3)22-55(23-27(57)4)30-7-8-34-35(20-30)45(63)58(44(34)62)38-10-11-40(59)52-43(38)61/h6-9,16-17,20-21,25-27,31-33,38H,10-15,18-19,22-24H2,1-5H3,(H,49,60)(H,50,51,53)(H,52,59,61)/t26-,27-,31-,33-,38?/m1/s1. The third-order valence-electron chi connectivity index (χ3n) is 13.5. The maximum Gasteiger partial charge on any atom is 0.293 e. The van der Waals surface area contributed by atoms with Gasteiger partial charge in [-0.15, -0.1) is 0 Å². The largest absolute Gasteiger partial charge is 0.478 e. The van der Waals surface area contributed by atoms with Gasteiger partial charge in [0.2, 0.25) is 17.8 Å². The monoisotopic (exact) mass is 922 g/mol. The molecule has 9 rings (SSSR count). The average Bonchev–Trinajstić information content (AvgIpc) is 3.52. The van der Waals surface area contributed by atoms with E-state index < -0.39 is 29.7 Å². The Balaban J connectivity index is 0.767. The Morgan fingerprint density at radius 1 is 0.909 bits per heavy atom. The molecule has 3 saturated heterocycles.